The molecule has 1 fully saturated rings. The Bertz CT molecular complexity index is 574. The van der Waals surface area contributed by atoms with Gasteiger partial charge in [-0.1, -0.05) is 18.6 Å². The maximum atomic E-state index is 5.75. The molecule has 0 aliphatic heterocycles. The van der Waals surface area contributed by atoms with Crippen molar-refractivity contribution < 1.29 is 9.47 Å². The number of nitrogens with one attached hydrogen (secondary N) is 2. The summed E-state index contributed by atoms with van der Waals surface area (Å²) < 4.78 is 11.0. The first-order valence-electron chi connectivity index (χ1n) is 9.28. The molecule has 0 heterocycles. The smallest absolute Gasteiger partial charge is 0.191 e. The molecule has 0 aromatic heterocycles. The Morgan fingerprint density at radius 3 is 2.62 bits per heavy atom. The summed E-state index contributed by atoms with van der Waals surface area (Å²) in [5, 5.41) is 6.91. The molecule has 148 valence electrons. The highest BCUT2D eigenvalue weighted by Gasteiger charge is 2.36. The predicted molar refractivity (Wildman–Crippen MR) is 119 cm³/mol. The highest BCUT2D eigenvalue weighted by atomic mass is 127. The van der Waals surface area contributed by atoms with Gasteiger partial charge >= 0.3 is 0 Å². The maximum absolute atomic E-state index is 5.75. The van der Waals surface area contributed by atoms with Crippen LogP contribution in [0.3, 0.4) is 0 Å². The molecule has 0 unspecified atom stereocenters. The molecule has 5 nitrogen and oxygen atoms in total. The fraction of sp³-hybridized carbons (Fsp3) is 0.650. The Hall–Kier alpha value is -1.02. The van der Waals surface area contributed by atoms with E-state index in [0.29, 0.717) is 18.6 Å². The van der Waals surface area contributed by atoms with Gasteiger partial charge in [-0.2, -0.15) is 0 Å². The van der Waals surface area contributed by atoms with Crippen LogP contribution in [-0.2, 0) is 11.3 Å². The first-order chi connectivity index (χ1) is 12.1. The lowest BCUT2D eigenvalue weighted by Gasteiger charge is -2.42. The van der Waals surface area contributed by atoms with Crippen LogP contribution in [0.25, 0.3) is 0 Å². The molecule has 0 bridgehead atoms. The van der Waals surface area contributed by atoms with Gasteiger partial charge in [0.1, 0.15) is 5.75 Å². The number of ether oxygens (including phenoxy) is 2. The summed E-state index contributed by atoms with van der Waals surface area (Å²) >= 11 is 0. The van der Waals surface area contributed by atoms with Crippen LogP contribution < -0.4 is 15.4 Å². The highest BCUT2D eigenvalue weighted by molar-refractivity contribution is 14.0. The van der Waals surface area contributed by atoms with Gasteiger partial charge in [0.25, 0.3) is 0 Å². The van der Waals surface area contributed by atoms with Crippen molar-refractivity contribution in [1.82, 2.24) is 10.6 Å². The zero-order valence-electron chi connectivity index (χ0n) is 16.6. The quantitative estimate of drug-likeness (QED) is 0.324. The lowest BCUT2D eigenvalue weighted by molar-refractivity contribution is 0.0732. The molecule has 1 aromatic carbocycles. The molecule has 1 aromatic rings. The van der Waals surface area contributed by atoms with Crippen molar-refractivity contribution in [2.75, 3.05) is 33.9 Å². The van der Waals surface area contributed by atoms with Crippen molar-refractivity contribution in [3.05, 3.63) is 29.3 Å². The molecule has 0 saturated heterocycles. The van der Waals surface area contributed by atoms with Gasteiger partial charge in [-0.05, 0) is 50.2 Å². The van der Waals surface area contributed by atoms with Gasteiger partial charge < -0.3 is 20.1 Å². The third-order valence-corrected chi connectivity index (χ3v) is 5.07. The van der Waals surface area contributed by atoms with Crippen LogP contribution in [0.4, 0.5) is 0 Å². The SMILES string of the molecule is CCOc1cc(C)ccc1CNC(=NC)NCC1(CCOC)CCC1.I. The van der Waals surface area contributed by atoms with Gasteiger partial charge in [-0.25, -0.2) is 0 Å². The number of halogens is 1. The van der Waals surface area contributed by atoms with E-state index in [-0.39, 0.29) is 24.0 Å². The van der Waals surface area contributed by atoms with Gasteiger partial charge in [0, 0.05) is 39.4 Å². The number of benzene rings is 1. The van der Waals surface area contributed by atoms with E-state index >= 15 is 0 Å². The molecule has 26 heavy (non-hydrogen) atoms. The molecular formula is C20H34IN3O2. The lowest BCUT2D eigenvalue weighted by Crippen LogP contribution is -2.46. The number of hydrogen-bond donors (Lipinski definition) is 2. The minimum atomic E-state index is 0. The molecule has 1 saturated carbocycles. The molecule has 6 heteroatoms. The summed E-state index contributed by atoms with van der Waals surface area (Å²) in [5.41, 5.74) is 2.72. The summed E-state index contributed by atoms with van der Waals surface area (Å²) in [6.45, 7) is 7.24. The van der Waals surface area contributed by atoms with Crippen LogP contribution in [0.2, 0.25) is 0 Å². The van der Waals surface area contributed by atoms with Crippen molar-refractivity contribution in [3.8, 4) is 5.75 Å². The standard InChI is InChI=1S/C20H33N3O2.HI/c1-5-25-18-13-16(2)7-8-17(18)14-22-19(21-3)23-15-20(9-6-10-20)11-12-24-4;/h7-8,13H,5-6,9-12,14-15H2,1-4H3,(H2,21,22,23);1H. The third-order valence-electron chi connectivity index (χ3n) is 5.07. The third kappa shape index (κ3) is 6.61. The molecule has 2 rings (SSSR count). The zero-order valence-corrected chi connectivity index (χ0v) is 18.9. The van der Waals surface area contributed by atoms with E-state index in [9.17, 15) is 0 Å². The summed E-state index contributed by atoms with van der Waals surface area (Å²) in [6, 6.07) is 6.32. The Balaban J connectivity index is 0.00000338. The van der Waals surface area contributed by atoms with Gasteiger partial charge in [0.2, 0.25) is 0 Å². The van der Waals surface area contributed by atoms with Crippen LogP contribution in [-0.4, -0.2) is 39.9 Å². The van der Waals surface area contributed by atoms with Crippen molar-refractivity contribution in [2.45, 2.75) is 46.1 Å². The largest absolute Gasteiger partial charge is 0.494 e. The van der Waals surface area contributed by atoms with Gasteiger partial charge in [0.05, 0.1) is 6.61 Å². The van der Waals surface area contributed by atoms with Crippen molar-refractivity contribution in [3.63, 3.8) is 0 Å². The minimum Gasteiger partial charge on any atom is -0.494 e. The van der Waals surface area contributed by atoms with E-state index < -0.39 is 0 Å². The van der Waals surface area contributed by atoms with Crippen LogP contribution in [0.15, 0.2) is 23.2 Å². The second kappa shape index (κ2) is 11.6. The Labute approximate surface area is 175 Å². The van der Waals surface area contributed by atoms with Gasteiger partial charge in [0.15, 0.2) is 5.96 Å². The molecule has 2 N–H and O–H groups in total. The van der Waals surface area contributed by atoms with Crippen molar-refractivity contribution >= 4 is 29.9 Å². The zero-order chi connectivity index (χ0) is 18.1. The second-order valence-corrected chi connectivity index (χ2v) is 6.92. The fourth-order valence-corrected chi connectivity index (χ4v) is 3.28. The number of hydrogen-bond acceptors (Lipinski definition) is 3. The average molecular weight is 475 g/mol. The minimum absolute atomic E-state index is 0. The number of rotatable bonds is 9. The van der Waals surface area contributed by atoms with Crippen LogP contribution in [0.5, 0.6) is 5.75 Å². The van der Waals surface area contributed by atoms with Crippen LogP contribution in [0.1, 0.15) is 43.7 Å². The summed E-state index contributed by atoms with van der Waals surface area (Å²) in [5.74, 6) is 1.78. The molecule has 0 radical (unpaired) electrons. The Kier molecular flexibility index (Phi) is 10.3. The van der Waals surface area contributed by atoms with E-state index in [4.69, 9.17) is 9.47 Å². The molecule has 1 aliphatic rings. The van der Waals surface area contributed by atoms with Crippen molar-refractivity contribution in [1.29, 1.82) is 0 Å². The van der Waals surface area contributed by atoms with E-state index in [1.54, 1.807) is 7.11 Å². The first-order valence-corrected chi connectivity index (χ1v) is 9.28. The van der Waals surface area contributed by atoms with E-state index in [1.165, 1.54) is 24.8 Å². The normalized spacial score (nSPS) is 15.6. The van der Waals surface area contributed by atoms with Crippen LogP contribution in [0, 0.1) is 12.3 Å². The topological polar surface area (TPSA) is 54.9 Å². The number of aryl methyl sites for hydroxylation is 1. The second-order valence-electron chi connectivity index (χ2n) is 6.92. The lowest BCUT2D eigenvalue weighted by atomic mass is 9.67. The number of nitrogens with zero attached hydrogens (tertiary/aromatic N) is 1. The average Bonchev–Trinajstić information content (AvgIpc) is 2.58. The van der Waals surface area contributed by atoms with Crippen LogP contribution >= 0.6 is 24.0 Å². The number of methoxy groups -OCH3 is 1. The van der Waals surface area contributed by atoms with Crippen molar-refractivity contribution in [2.24, 2.45) is 10.4 Å². The van der Waals surface area contributed by atoms with E-state index in [2.05, 4.69) is 40.7 Å². The predicted octanol–water partition coefficient (Wildman–Crippen LogP) is 3.88. The first kappa shape index (κ1) is 23.0. The van der Waals surface area contributed by atoms with Gasteiger partial charge in [-0.15, -0.1) is 24.0 Å². The fourth-order valence-electron chi connectivity index (χ4n) is 3.28. The number of aliphatic imine (C=N–C) groups is 1. The molecule has 0 spiro atoms. The maximum Gasteiger partial charge on any atom is 0.191 e. The number of guanidine groups is 1. The summed E-state index contributed by atoms with van der Waals surface area (Å²) in [6.07, 6.45) is 4.97. The van der Waals surface area contributed by atoms with E-state index in [0.717, 1.165) is 36.8 Å². The Morgan fingerprint density at radius 1 is 1.27 bits per heavy atom. The Morgan fingerprint density at radius 2 is 2.04 bits per heavy atom. The molecule has 1 aliphatic carbocycles. The molecular weight excluding hydrogens is 441 g/mol. The molecule has 0 atom stereocenters. The molecule has 0 amide bonds. The summed E-state index contributed by atoms with van der Waals surface area (Å²) in [7, 11) is 3.59. The summed E-state index contributed by atoms with van der Waals surface area (Å²) in [4.78, 5) is 4.36. The highest BCUT2D eigenvalue weighted by Crippen LogP contribution is 2.43. The van der Waals surface area contributed by atoms with Gasteiger partial charge in [-0.3, -0.25) is 4.99 Å². The monoisotopic (exact) mass is 475 g/mol. The van der Waals surface area contributed by atoms with E-state index in [1.807, 2.05) is 14.0 Å².